The summed E-state index contributed by atoms with van der Waals surface area (Å²) < 4.78 is 0. The third-order valence-electron chi connectivity index (χ3n) is 4.48. The lowest BCUT2D eigenvalue weighted by Gasteiger charge is -2.19. The fraction of sp³-hybridized carbons (Fsp3) is 0.579. The summed E-state index contributed by atoms with van der Waals surface area (Å²) >= 11 is 1.68. The average molecular weight is 400 g/mol. The van der Waals surface area contributed by atoms with Gasteiger partial charge in [-0.1, -0.05) is 30.3 Å². The minimum absolute atomic E-state index is 0. The first-order valence-electron chi connectivity index (χ1n) is 8.99. The van der Waals surface area contributed by atoms with E-state index in [1.165, 1.54) is 6.42 Å². The fourth-order valence-corrected chi connectivity index (χ4v) is 3.49. The van der Waals surface area contributed by atoms with Crippen molar-refractivity contribution in [3.8, 4) is 0 Å². The van der Waals surface area contributed by atoms with Crippen molar-refractivity contribution in [2.75, 3.05) is 31.6 Å². The van der Waals surface area contributed by atoms with Crippen LogP contribution < -0.4 is 16.0 Å². The van der Waals surface area contributed by atoms with Gasteiger partial charge in [0.05, 0.1) is 6.42 Å². The second-order valence-electron chi connectivity index (χ2n) is 6.50. The second-order valence-corrected chi connectivity index (χ2v) is 7.49. The summed E-state index contributed by atoms with van der Waals surface area (Å²) in [5.41, 5.74) is 0.956. The Bertz CT molecular complexity index is 539. The van der Waals surface area contributed by atoms with E-state index in [4.69, 9.17) is 0 Å². The Morgan fingerprint density at radius 2 is 2.08 bits per heavy atom. The Kier molecular flexibility index (Phi) is 11.4. The Morgan fingerprint density at radius 1 is 1.31 bits per heavy atom. The van der Waals surface area contributed by atoms with E-state index < -0.39 is 6.04 Å². The summed E-state index contributed by atoms with van der Waals surface area (Å²) in [5, 5.41) is 9.24. The summed E-state index contributed by atoms with van der Waals surface area (Å²) in [6.45, 7) is 2.79. The summed E-state index contributed by atoms with van der Waals surface area (Å²) in [6, 6.07) is 9.15. The molecule has 1 aromatic rings. The minimum atomic E-state index is -0.453. The molecular weight excluding hydrogens is 370 g/mol. The minimum Gasteiger partial charge on any atom is -0.354 e. The number of nitrogens with one attached hydrogen (secondary N) is 3. The molecule has 5 nitrogen and oxygen atoms in total. The molecule has 1 heterocycles. The molecule has 2 rings (SSSR count). The lowest BCUT2D eigenvalue weighted by molar-refractivity contribution is -0.128. The van der Waals surface area contributed by atoms with Crippen LogP contribution in [-0.2, 0) is 16.0 Å². The van der Waals surface area contributed by atoms with Crippen molar-refractivity contribution < 1.29 is 9.59 Å². The number of benzene rings is 1. The van der Waals surface area contributed by atoms with Gasteiger partial charge in [0.25, 0.3) is 0 Å². The van der Waals surface area contributed by atoms with Crippen LogP contribution in [0.3, 0.4) is 0 Å². The molecule has 1 saturated heterocycles. The first-order chi connectivity index (χ1) is 12.2. The van der Waals surface area contributed by atoms with Crippen LogP contribution in [0.5, 0.6) is 0 Å². The topological polar surface area (TPSA) is 70.2 Å². The molecule has 1 aliphatic rings. The summed E-state index contributed by atoms with van der Waals surface area (Å²) in [4.78, 5) is 24.7. The monoisotopic (exact) mass is 399 g/mol. The van der Waals surface area contributed by atoms with Crippen LogP contribution in [0.2, 0.25) is 0 Å². The van der Waals surface area contributed by atoms with Crippen molar-refractivity contribution >= 4 is 36.0 Å². The molecule has 0 bridgehead atoms. The maximum absolute atomic E-state index is 12.5. The van der Waals surface area contributed by atoms with Gasteiger partial charge < -0.3 is 16.0 Å². The molecule has 1 aromatic carbocycles. The Labute approximate surface area is 166 Å². The number of rotatable bonds is 10. The highest BCUT2D eigenvalue weighted by molar-refractivity contribution is 7.98. The van der Waals surface area contributed by atoms with E-state index >= 15 is 0 Å². The average Bonchev–Trinajstić information content (AvgIpc) is 3.12. The predicted molar refractivity (Wildman–Crippen MR) is 111 cm³/mol. The van der Waals surface area contributed by atoms with E-state index in [2.05, 4.69) is 16.0 Å². The number of hydrogen-bond acceptors (Lipinski definition) is 4. The van der Waals surface area contributed by atoms with E-state index in [0.717, 1.165) is 30.8 Å². The van der Waals surface area contributed by atoms with Crippen LogP contribution in [-0.4, -0.2) is 49.5 Å². The van der Waals surface area contributed by atoms with Gasteiger partial charge in [0, 0.05) is 6.54 Å². The zero-order chi connectivity index (χ0) is 17.9. The Hall–Kier alpha value is -1.24. The van der Waals surface area contributed by atoms with Crippen LogP contribution in [0.1, 0.15) is 24.8 Å². The van der Waals surface area contributed by atoms with Crippen LogP contribution >= 0.6 is 24.2 Å². The lowest BCUT2D eigenvalue weighted by atomic mass is 10.1. The molecule has 0 aromatic heterocycles. The largest absolute Gasteiger partial charge is 0.354 e. The van der Waals surface area contributed by atoms with E-state index in [0.29, 0.717) is 25.3 Å². The van der Waals surface area contributed by atoms with Crippen LogP contribution in [0.15, 0.2) is 30.3 Å². The van der Waals surface area contributed by atoms with Crippen molar-refractivity contribution in [1.82, 2.24) is 16.0 Å². The van der Waals surface area contributed by atoms with E-state index in [1.807, 2.05) is 36.6 Å². The first-order valence-corrected chi connectivity index (χ1v) is 10.4. The number of carbonyl (C=O) groups is 2. The standard InChI is InChI=1S/C19H29N3O2S.ClH/c1-25-12-9-17(19(24)21-11-8-16-7-10-20-14-16)22-18(23)13-15-5-3-2-4-6-15;/h2-6,16-17,20H,7-14H2,1H3,(H,21,24)(H,22,23);1H. The first kappa shape index (κ1) is 22.8. The third-order valence-corrected chi connectivity index (χ3v) is 5.13. The number of hydrogen-bond donors (Lipinski definition) is 3. The Balaban J connectivity index is 0.00000338. The summed E-state index contributed by atoms with van der Waals surface area (Å²) in [5.74, 6) is 1.32. The van der Waals surface area contributed by atoms with Gasteiger partial charge in [0.1, 0.15) is 6.04 Å². The quantitative estimate of drug-likeness (QED) is 0.562. The van der Waals surface area contributed by atoms with Gasteiger partial charge in [-0.25, -0.2) is 0 Å². The number of halogens is 1. The predicted octanol–water partition coefficient (Wildman–Crippen LogP) is 2.00. The molecule has 2 atom stereocenters. The van der Waals surface area contributed by atoms with Crippen LogP contribution in [0.25, 0.3) is 0 Å². The van der Waals surface area contributed by atoms with Crippen molar-refractivity contribution in [3.63, 3.8) is 0 Å². The zero-order valence-corrected chi connectivity index (χ0v) is 17.0. The van der Waals surface area contributed by atoms with E-state index in [1.54, 1.807) is 11.8 Å². The second kappa shape index (κ2) is 13.0. The van der Waals surface area contributed by atoms with Gasteiger partial charge in [-0.05, 0) is 55.8 Å². The maximum Gasteiger partial charge on any atom is 0.242 e. The van der Waals surface area contributed by atoms with Crippen molar-refractivity contribution in [1.29, 1.82) is 0 Å². The molecule has 0 aliphatic carbocycles. The fourth-order valence-electron chi connectivity index (χ4n) is 3.01. The van der Waals surface area contributed by atoms with Crippen molar-refractivity contribution in [3.05, 3.63) is 35.9 Å². The summed E-state index contributed by atoms with van der Waals surface area (Å²) in [6.07, 6.45) is 5.13. The van der Waals surface area contributed by atoms with Gasteiger partial charge in [0.15, 0.2) is 0 Å². The van der Waals surface area contributed by atoms with Crippen molar-refractivity contribution in [2.45, 2.75) is 31.7 Å². The zero-order valence-electron chi connectivity index (χ0n) is 15.3. The lowest BCUT2D eigenvalue weighted by Crippen LogP contribution is -2.47. The molecule has 3 N–H and O–H groups in total. The molecule has 1 aliphatic heterocycles. The van der Waals surface area contributed by atoms with Gasteiger partial charge >= 0.3 is 0 Å². The third kappa shape index (κ3) is 8.43. The van der Waals surface area contributed by atoms with Crippen LogP contribution in [0, 0.1) is 5.92 Å². The van der Waals surface area contributed by atoms with E-state index in [-0.39, 0.29) is 24.2 Å². The highest BCUT2D eigenvalue weighted by Gasteiger charge is 2.21. The highest BCUT2D eigenvalue weighted by atomic mass is 35.5. The Morgan fingerprint density at radius 3 is 2.73 bits per heavy atom. The molecular formula is C19H30ClN3O2S. The molecule has 0 spiro atoms. The number of carbonyl (C=O) groups excluding carboxylic acids is 2. The normalized spacial score (nSPS) is 17.2. The van der Waals surface area contributed by atoms with Crippen molar-refractivity contribution in [2.24, 2.45) is 5.92 Å². The molecule has 0 radical (unpaired) electrons. The molecule has 0 saturated carbocycles. The maximum atomic E-state index is 12.5. The van der Waals surface area contributed by atoms with Gasteiger partial charge in [-0.15, -0.1) is 12.4 Å². The van der Waals surface area contributed by atoms with Gasteiger partial charge in [-0.2, -0.15) is 11.8 Å². The van der Waals surface area contributed by atoms with Gasteiger partial charge in [-0.3, -0.25) is 9.59 Å². The number of thioether (sulfide) groups is 1. The SMILES string of the molecule is CSCCC(NC(=O)Cc1ccccc1)C(=O)NCCC1CCNC1.Cl. The molecule has 7 heteroatoms. The molecule has 2 amide bonds. The summed E-state index contributed by atoms with van der Waals surface area (Å²) in [7, 11) is 0. The van der Waals surface area contributed by atoms with Gasteiger partial charge in [0.2, 0.25) is 11.8 Å². The number of amides is 2. The van der Waals surface area contributed by atoms with Crippen LogP contribution in [0.4, 0.5) is 0 Å². The smallest absolute Gasteiger partial charge is 0.242 e. The highest BCUT2D eigenvalue weighted by Crippen LogP contribution is 2.11. The molecule has 26 heavy (non-hydrogen) atoms. The molecule has 1 fully saturated rings. The molecule has 146 valence electrons. The van der Waals surface area contributed by atoms with E-state index in [9.17, 15) is 9.59 Å². The molecule has 2 unspecified atom stereocenters.